The van der Waals surface area contributed by atoms with Crippen LogP contribution in [0.4, 0.5) is 20.2 Å². The number of halogens is 2. The molecule has 1 fully saturated rings. The first-order valence-corrected chi connectivity index (χ1v) is 12.2. The lowest BCUT2D eigenvalue weighted by atomic mass is 10.0. The van der Waals surface area contributed by atoms with E-state index in [1.54, 1.807) is 0 Å². The molecule has 0 aromatic heterocycles. The zero-order chi connectivity index (χ0) is 25.5. The Labute approximate surface area is 210 Å². The molecule has 0 aliphatic carbocycles. The second-order valence-electron chi connectivity index (χ2n) is 8.97. The monoisotopic (exact) mass is 491 g/mol. The van der Waals surface area contributed by atoms with Crippen molar-refractivity contribution in [1.82, 2.24) is 4.90 Å². The minimum atomic E-state index is -1.23. The third-order valence-corrected chi connectivity index (χ3v) is 6.49. The molecule has 1 heterocycles. The summed E-state index contributed by atoms with van der Waals surface area (Å²) >= 11 is 0. The van der Waals surface area contributed by atoms with E-state index < -0.39 is 17.7 Å². The number of rotatable bonds is 9. The molecule has 1 unspecified atom stereocenters. The fraction of sp³-hybridized carbons (Fsp3) is 0.276. The maximum absolute atomic E-state index is 14.1. The van der Waals surface area contributed by atoms with Crippen LogP contribution < -0.4 is 10.2 Å². The normalized spacial score (nSPS) is 14.4. The molecule has 5 nitrogen and oxygen atoms in total. The van der Waals surface area contributed by atoms with E-state index in [0.717, 1.165) is 36.3 Å². The van der Waals surface area contributed by atoms with Crippen molar-refractivity contribution in [3.05, 3.63) is 108 Å². The number of carbonyl (C=O) groups is 1. The number of aryl methyl sites for hydroxylation is 1. The minimum Gasteiger partial charge on any atom is -0.382 e. The van der Waals surface area contributed by atoms with Crippen molar-refractivity contribution in [3.8, 4) is 0 Å². The molecule has 188 valence electrons. The van der Waals surface area contributed by atoms with Gasteiger partial charge in [0.15, 0.2) is 0 Å². The summed E-state index contributed by atoms with van der Waals surface area (Å²) in [6.45, 7) is 6.56. The fourth-order valence-electron chi connectivity index (χ4n) is 4.40. The van der Waals surface area contributed by atoms with Gasteiger partial charge in [0.1, 0.15) is 17.7 Å². The van der Waals surface area contributed by atoms with Gasteiger partial charge in [-0.25, -0.2) is 8.78 Å². The fourth-order valence-corrected chi connectivity index (χ4v) is 4.40. The zero-order valence-electron chi connectivity index (χ0n) is 20.2. The van der Waals surface area contributed by atoms with E-state index in [1.807, 2.05) is 47.4 Å². The molecule has 36 heavy (non-hydrogen) atoms. The summed E-state index contributed by atoms with van der Waals surface area (Å²) in [5.74, 6) is -1.47. The minimum absolute atomic E-state index is 0.00181. The summed E-state index contributed by atoms with van der Waals surface area (Å²) in [5.41, 5.74) is 3.44. The van der Waals surface area contributed by atoms with Crippen LogP contribution in [-0.4, -0.2) is 42.1 Å². The Balaban J connectivity index is 1.24. The summed E-state index contributed by atoms with van der Waals surface area (Å²) in [5, 5.41) is 13.5. The standard InChI is InChI=1S/C29H31F2N3O2/c1-21(29(36)26-15-10-23(30)20-27(26)31)33-16-18-34(19-17-33)25-13-11-24(12-14-25)32-28(35)9-5-8-22-6-3-2-4-7-22/h2-4,6-7,10-15,20,29,36H,1,5,8-9,16-19H2,(H,32,35). The highest BCUT2D eigenvalue weighted by Crippen LogP contribution is 2.28. The van der Waals surface area contributed by atoms with Crippen molar-refractivity contribution in [3.63, 3.8) is 0 Å². The topological polar surface area (TPSA) is 55.8 Å². The lowest BCUT2D eigenvalue weighted by Gasteiger charge is -2.39. The summed E-state index contributed by atoms with van der Waals surface area (Å²) < 4.78 is 27.2. The van der Waals surface area contributed by atoms with E-state index in [2.05, 4.69) is 28.9 Å². The molecular formula is C29H31F2N3O2. The molecule has 4 rings (SSSR count). The van der Waals surface area contributed by atoms with Crippen LogP contribution in [0.2, 0.25) is 0 Å². The molecule has 2 N–H and O–H groups in total. The quantitative estimate of drug-likeness (QED) is 0.427. The van der Waals surface area contributed by atoms with Crippen LogP contribution in [0.3, 0.4) is 0 Å². The highest BCUT2D eigenvalue weighted by atomic mass is 19.1. The molecule has 0 radical (unpaired) electrons. The van der Waals surface area contributed by atoms with E-state index in [4.69, 9.17) is 0 Å². The van der Waals surface area contributed by atoms with Crippen molar-refractivity contribution >= 4 is 17.3 Å². The van der Waals surface area contributed by atoms with Gasteiger partial charge in [0.2, 0.25) is 5.91 Å². The van der Waals surface area contributed by atoms with Gasteiger partial charge in [-0.05, 0) is 48.7 Å². The highest BCUT2D eigenvalue weighted by Gasteiger charge is 2.24. The molecular weight excluding hydrogens is 460 g/mol. The molecule has 1 amide bonds. The van der Waals surface area contributed by atoms with Gasteiger partial charge >= 0.3 is 0 Å². The van der Waals surface area contributed by atoms with Crippen molar-refractivity contribution in [1.29, 1.82) is 0 Å². The van der Waals surface area contributed by atoms with Crippen LogP contribution in [0.25, 0.3) is 0 Å². The largest absolute Gasteiger partial charge is 0.382 e. The Bertz CT molecular complexity index is 1180. The van der Waals surface area contributed by atoms with Crippen molar-refractivity contribution in [2.24, 2.45) is 0 Å². The Kier molecular flexibility index (Phi) is 8.33. The Hall–Kier alpha value is -3.71. The number of nitrogens with zero attached hydrogens (tertiary/aromatic N) is 2. The number of anilines is 2. The van der Waals surface area contributed by atoms with E-state index in [-0.39, 0.29) is 11.5 Å². The number of piperazine rings is 1. The first-order valence-electron chi connectivity index (χ1n) is 12.2. The Morgan fingerprint density at radius 2 is 1.67 bits per heavy atom. The number of benzene rings is 3. The zero-order valence-corrected chi connectivity index (χ0v) is 20.2. The number of carbonyl (C=O) groups excluding carboxylic acids is 1. The second-order valence-corrected chi connectivity index (χ2v) is 8.97. The number of aliphatic hydroxyl groups is 1. The molecule has 3 aromatic rings. The van der Waals surface area contributed by atoms with Gasteiger partial charge in [0.25, 0.3) is 0 Å². The highest BCUT2D eigenvalue weighted by molar-refractivity contribution is 5.90. The second kappa shape index (κ2) is 11.8. The van der Waals surface area contributed by atoms with E-state index in [0.29, 0.717) is 38.3 Å². The number of aliphatic hydroxyl groups excluding tert-OH is 1. The van der Waals surface area contributed by atoms with Gasteiger partial charge in [0.05, 0.1) is 0 Å². The van der Waals surface area contributed by atoms with Crippen molar-refractivity contribution in [2.45, 2.75) is 25.4 Å². The van der Waals surface area contributed by atoms with Gasteiger partial charge in [-0.3, -0.25) is 4.79 Å². The number of amides is 1. The van der Waals surface area contributed by atoms with Crippen LogP contribution in [0, 0.1) is 11.6 Å². The third kappa shape index (κ3) is 6.49. The predicted molar refractivity (Wildman–Crippen MR) is 139 cm³/mol. The number of nitrogens with one attached hydrogen (secondary N) is 1. The molecule has 0 saturated carbocycles. The molecule has 0 spiro atoms. The summed E-state index contributed by atoms with van der Waals surface area (Å²) in [6, 6.07) is 21.0. The number of hydrogen-bond donors (Lipinski definition) is 2. The average molecular weight is 492 g/mol. The summed E-state index contributed by atoms with van der Waals surface area (Å²) in [4.78, 5) is 16.4. The molecule has 1 atom stereocenters. The van der Waals surface area contributed by atoms with Gasteiger partial charge in [0, 0.05) is 61.3 Å². The molecule has 7 heteroatoms. The van der Waals surface area contributed by atoms with Crippen molar-refractivity contribution < 1.29 is 18.7 Å². The van der Waals surface area contributed by atoms with Crippen LogP contribution in [-0.2, 0) is 11.2 Å². The molecule has 1 aliphatic rings. The first-order chi connectivity index (χ1) is 17.4. The van der Waals surface area contributed by atoms with Gasteiger partial charge < -0.3 is 20.2 Å². The smallest absolute Gasteiger partial charge is 0.224 e. The SMILES string of the molecule is C=C(C(O)c1ccc(F)cc1F)N1CCN(c2ccc(NC(=O)CCCc3ccccc3)cc2)CC1. The molecule has 1 saturated heterocycles. The van der Waals surface area contributed by atoms with E-state index in [9.17, 15) is 18.7 Å². The Morgan fingerprint density at radius 1 is 0.972 bits per heavy atom. The summed E-state index contributed by atoms with van der Waals surface area (Å²) in [6.07, 6.45) is 0.914. The maximum Gasteiger partial charge on any atom is 0.224 e. The van der Waals surface area contributed by atoms with Crippen LogP contribution in [0.5, 0.6) is 0 Å². The maximum atomic E-state index is 14.1. The molecule has 0 bridgehead atoms. The lowest BCUT2D eigenvalue weighted by molar-refractivity contribution is -0.116. The molecule has 3 aromatic carbocycles. The van der Waals surface area contributed by atoms with Gasteiger partial charge in [-0.2, -0.15) is 0 Å². The predicted octanol–water partition coefficient (Wildman–Crippen LogP) is 5.30. The summed E-state index contributed by atoms with van der Waals surface area (Å²) in [7, 11) is 0. The van der Waals surface area contributed by atoms with E-state index >= 15 is 0 Å². The van der Waals surface area contributed by atoms with E-state index in [1.165, 1.54) is 11.6 Å². The van der Waals surface area contributed by atoms with Gasteiger partial charge in [-0.15, -0.1) is 0 Å². The molecule has 1 aliphatic heterocycles. The number of hydrogen-bond acceptors (Lipinski definition) is 4. The van der Waals surface area contributed by atoms with Crippen LogP contribution in [0.1, 0.15) is 30.1 Å². The van der Waals surface area contributed by atoms with Gasteiger partial charge in [-0.1, -0.05) is 43.0 Å². The first kappa shape index (κ1) is 25.4. The Morgan fingerprint density at radius 3 is 2.33 bits per heavy atom. The average Bonchev–Trinajstić information content (AvgIpc) is 2.89. The van der Waals surface area contributed by atoms with Crippen LogP contribution >= 0.6 is 0 Å². The van der Waals surface area contributed by atoms with Crippen LogP contribution in [0.15, 0.2) is 85.1 Å². The lowest BCUT2D eigenvalue weighted by Crippen LogP contribution is -2.46. The third-order valence-electron chi connectivity index (χ3n) is 6.49. The van der Waals surface area contributed by atoms with Crippen molar-refractivity contribution in [2.75, 3.05) is 36.4 Å².